The highest BCUT2D eigenvalue weighted by Crippen LogP contribution is 2.44. The summed E-state index contributed by atoms with van der Waals surface area (Å²) in [5.41, 5.74) is 2.79. The lowest BCUT2D eigenvalue weighted by atomic mass is 9.88. The van der Waals surface area contributed by atoms with Gasteiger partial charge in [-0.2, -0.15) is 0 Å². The average Bonchev–Trinajstić information content (AvgIpc) is 2.72. The lowest BCUT2D eigenvalue weighted by molar-refractivity contribution is -0.150. The van der Waals surface area contributed by atoms with Crippen LogP contribution in [0.15, 0.2) is 42.5 Å². The van der Waals surface area contributed by atoms with Crippen LogP contribution in [0.1, 0.15) is 50.8 Å². The van der Waals surface area contributed by atoms with Crippen LogP contribution in [0.3, 0.4) is 0 Å². The number of ether oxygens (including phenoxy) is 4. The molecule has 29 heavy (non-hydrogen) atoms. The van der Waals surface area contributed by atoms with E-state index in [9.17, 15) is 0 Å². The Hall–Kier alpha value is -2.24. The molecule has 5 heteroatoms. The maximum absolute atomic E-state index is 6.29. The summed E-state index contributed by atoms with van der Waals surface area (Å²) >= 11 is 0. The third kappa shape index (κ3) is 5.03. The van der Waals surface area contributed by atoms with E-state index in [1.165, 1.54) is 5.56 Å². The van der Waals surface area contributed by atoms with Crippen molar-refractivity contribution in [3.8, 4) is 11.5 Å². The van der Waals surface area contributed by atoms with E-state index in [4.69, 9.17) is 18.9 Å². The summed E-state index contributed by atoms with van der Waals surface area (Å²) in [6.45, 7) is 7.71. The Bertz CT molecular complexity index is 788. The number of unbranched alkanes of at least 4 members (excludes halogenated alkanes) is 1. The fourth-order valence-electron chi connectivity index (χ4n) is 3.73. The van der Waals surface area contributed by atoms with Crippen molar-refractivity contribution in [1.29, 1.82) is 0 Å². The predicted molar refractivity (Wildman–Crippen MR) is 116 cm³/mol. The van der Waals surface area contributed by atoms with Crippen molar-refractivity contribution in [3.05, 3.63) is 53.6 Å². The molecule has 5 nitrogen and oxygen atoms in total. The number of hydrogen-bond acceptors (Lipinski definition) is 5. The van der Waals surface area contributed by atoms with E-state index >= 15 is 0 Å². The molecule has 0 radical (unpaired) electrons. The highest BCUT2D eigenvalue weighted by Gasteiger charge is 2.45. The van der Waals surface area contributed by atoms with E-state index in [1.807, 2.05) is 18.2 Å². The lowest BCUT2D eigenvalue weighted by Gasteiger charge is -2.43. The number of anilines is 1. The van der Waals surface area contributed by atoms with Crippen LogP contribution in [0, 0.1) is 0 Å². The summed E-state index contributed by atoms with van der Waals surface area (Å²) < 4.78 is 23.6. The second kappa shape index (κ2) is 9.51. The molecule has 0 aromatic heterocycles. The SMILES string of the molecule is CCCCOC1c2cc(NCc3ccc(OC)cc3)ccc2OC(C)(C)C1OC. The molecular formula is C24H33NO4. The third-order valence-electron chi connectivity index (χ3n) is 5.35. The molecule has 1 aliphatic rings. The second-order valence-electron chi connectivity index (χ2n) is 7.96. The summed E-state index contributed by atoms with van der Waals surface area (Å²) in [6.07, 6.45) is 1.79. The van der Waals surface area contributed by atoms with E-state index in [1.54, 1.807) is 14.2 Å². The van der Waals surface area contributed by atoms with Crippen molar-refractivity contribution in [2.45, 2.75) is 58.0 Å². The van der Waals surface area contributed by atoms with Crippen LogP contribution >= 0.6 is 0 Å². The molecule has 0 amide bonds. The monoisotopic (exact) mass is 399 g/mol. The minimum atomic E-state index is -0.462. The number of fused-ring (bicyclic) bond motifs is 1. The Morgan fingerprint density at radius 1 is 1.07 bits per heavy atom. The van der Waals surface area contributed by atoms with E-state index in [2.05, 4.69) is 50.4 Å². The Morgan fingerprint density at radius 3 is 2.48 bits per heavy atom. The van der Waals surface area contributed by atoms with Gasteiger partial charge in [-0.1, -0.05) is 25.5 Å². The van der Waals surface area contributed by atoms with Crippen molar-refractivity contribution in [1.82, 2.24) is 0 Å². The van der Waals surface area contributed by atoms with Gasteiger partial charge in [-0.15, -0.1) is 0 Å². The van der Waals surface area contributed by atoms with Gasteiger partial charge in [-0.25, -0.2) is 0 Å². The molecule has 0 saturated carbocycles. The molecule has 0 aliphatic carbocycles. The van der Waals surface area contributed by atoms with Gasteiger partial charge in [-0.05, 0) is 56.2 Å². The van der Waals surface area contributed by atoms with Gasteiger partial charge in [0, 0.05) is 31.5 Å². The summed E-state index contributed by atoms with van der Waals surface area (Å²) in [5, 5.41) is 3.50. The molecule has 1 N–H and O–H groups in total. The first-order valence-corrected chi connectivity index (χ1v) is 10.3. The molecular weight excluding hydrogens is 366 g/mol. The van der Waals surface area contributed by atoms with Crippen LogP contribution in [-0.2, 0) is 16.0 Å². The van der Waals surface area contributed by atoms with Crippen LogP contribution in [0.25, 0.3) is 0 Å². The Kier molecular flexibility index (Phi) is 7.04. The number of nitrogens with one attached hydrogen (secondary N) is 1. The number of rotatable bonds is 9. The number of benzene rings is 2. The van der Waals surface area contributed by atoms with Crippen molar-refractivity contribution in [3.63, 3.8) is 0 Å². The Morgan fingerprint density at radius 2 is 1.83 bits per heavy atom. The zero-order chi connectivity index (χ0) is 20.9. The molecule has 2 aromatic rings. The molecule has 0 spiro atoms. The molecule has 2 aromatic carbocycles. The van der Waals surface area contributed by atoms with Gasteiger partial charge < -0.3 is 24.3 Å². The first-order valence-electron chi connectivity index (χ1n) is 10.3. The van der Waals surface area contributed by atoms with Gasteiger partial charge in [0.25, 0.3) is 0 Å². The van der Waals surface area contributed by atoms with Gasteiger partial charge in [0.2, 0.25) is 0 Å². The predicted octanol–water partition coefficient (Wildman–Crippen LogP) is 5.35. The third-order valence-corrected chi connectivity index (χ3v) is 5.35. The lowest BCUT2D eigenvalue weighted by Crippen LogP contribution is -2.50. The summed E-state index contributed by atoms with van der Waals surface area (Å²) in [7, 11) is 3.40. The van der Waals surface area contributed by atoms with Crippen molar-refractivity contribution >= 4 is 5.69 Å². The van der Waals surface area contributed by atoms with E-state index in [0.717, 1.165) is 42.1 Å². The van der Waals surface area contributed by atoms with Crippen molar-refractivity contribution in [2.75, 3.05) is 26.1 Å². The van der Waals surface area contributed by atoms with Crippen LogP contribution < -0.4 is 14.8 Å². The second-order valence-corrected chi connectivity index (χ2v) is 7.96. The van der Waals surface area contributed by atoms with E-state index in [-0.39, 0.29) is 12.2 Å². The van der Waals surface area contributed by atoms with Gasteiger partial charge in [0.05, 0.1) is 7.11 Å². The van der Waals surface area contributed by atoms with Crippen LogP contribution in [0.2, 0.25) is 0 Å². The molecule has 2 atom stereocenters. The van der Waals surface area contributed by atoms with E-state index in [0.29, 0.717) is 6.61 Å². The molecule has 0 fully saturated rings. The highest BCUT2D eigenvalue weighted by atomic mass is 16.6. The zero-order valence-electron chi connectivity index (χ0n) is 18.2. The molecule has 0 saturated heterocycles. The van der Waals surface area contributed by atoms with Crippen LogP contribution in [0.5, 0.6) is 11.5 Å². The summed E-state index contributed by atoms with van der Waals surface area (Å²) in [6, 6.07) is 14.3. The normalized spacial score (nSPS) is 19.9. The highest BCUT2D eigenvalue weighted by molar-refractivity contribution is 5.54. The maximum Gasteiger partial charge on any atom is 0.132 e. The quantitative estimate of drug-likeness (QED) is 0.576. The van der Waals surface area contributed by atoms with Gasteiger partial charge >= 0.3 is 0 Å². The van der Waals surface area contributed by atoms with Crippen molar-refractivity contribution < 1.29 is 18.9 Å². The molecule has 0 bridgehead atoms. The van der Waals surface area contributed by atoms with Crippen molar-refractivity contribution in [2.24, 2.45) is 0 Å². The van der Waals surface area contributed by atoms with Gasteiger partial charge in [0.15, 0.2) is 0 Å². The minimum absolute atomic E-state index is 0.159. The molecule has 3 rings (SSSR count). The standard InChI is InChI=1S/C24H33NO4/c1-6-7-14-28-22-20-15-18(25-16-17-8-11-19(26-4)12-9-17)10-13-21(20)29-24(2,3)23(22)27-5/h8-13,15,22-23,25H,6-7,14,16H2,1-5H3. The zero-order valence-corrected chi connectivity index (χ0v) is 18.2. The van der Waals surface area contributed by atoms with E-state index < -0.39 is 5.60 Å². The fourth-order valence-corrected chi connectivity index (χ4v) is 3.73. The largest absolute Gasteiger partial charge is 0.497 e. The van der Waals surface area contributed by atoms with Gasteiger partial charge in [0.1, 0.15) is 29.3 Å². The Balaban J connectivity index is 1.79. The molecule has 158 valence electrons. The summed E-state index contributed by atoms with van der Waals surface area (Å²) in [5.74, 6) is 1.72. The number of methoxy groups -OCH3 is 2. The topological polar surface area (TPSA) is 49.0 Å². The Labute approximate surface area is 174 Å². The van der Waals surface area contributed by atoms with Gasteiger partial charge in [-0.3, -0.25) is 0 Å². The number of hydrogen-bond donors (Lipinski definition) is 1. The molecule has 1 heterocycles. The maximum atomic E-state index is 6.29. The van der Waals surface area contributed by atoms with Crippen LogP contribution in [-0.4, -0.2) is 32.5 Å². The molecule has 2 unspecified atom stereocenters. The van der Waals surface area contributed by atoms with Crippen LogP contribution in [0.4, 0.5) is 5.69 Å². The first kappa shape index (κ1) is 21.5. The molecule has 1 aliphatic heterocycles. The first-order chi connectivity index (χ1) is 14.0. The average molecular weight is 400 g/mol. The fraction of sp³-hybridized carbons (Fsp3) is 0.500. The summed E-state index contributed by atoms with van der Waals surface area (Å²) in [4.78, 5) is 0. The smallest absolute Gasteiger partial charge is 0.132 e. The minimum Gasteiger partial charge on any atom is -0.497 e.